The highest BCUT2D eigenvalue weighted by Crippen LogP contribution is 2.38. The van der Waals surface area contributed by atoms with Crippen LogP contribution in [0.25, 0.3) is 0 Å². The summed E-state index contributed by atoms with van der Waals surface area (Å²) in [5.74, 6) is 0.102. The second kappa shape index (κ2) is 8.88. The van der Waals surface area contributed by atoms with Gasteiger partial charge in [-0.1, -0.05) is 35.9 Å². The summed E-state index contributed by atoms with van der Waals surface area (Å²) in [6.07, 6.45) is -4.61. The highest BCUT2D eigenvalue weighted by Gasteiger charge is 2.45. The van der Waals surface area contributed by atoms with Crippen LogP contribution in [0.5, 0.6) is 5.75 Å². The number of carbonyl (C=O) groups is 1. The van der Waals surface area contributed by atoms with Crippen molar-refractivity contribution >= 4 is 17.6 Å². The molecule has 2 aliphatic rings. The summed E-state index contributed by atoms with van der Waals surface area (Å²) in [5, 5.41) is 31.9. The van der Waals surface area contributed by atoms with E-state index < -0.39 is 30.4 Å². The molecule has 0 aliphatic carbocycles. The van der Waals surface area contributed by atoms with E-state index in [-0.39, 0.29) is 24.4 Å². The smallest absolute Gasteiger partial charge is 0.337 e. The third kappa shape index (κ3) is 4.27. The summed E-state index contributed by atoms with van der Waals surface area (Å²) >= 11 is 6.40. The SMILES string of the molecule is COc1ccc(Cc2cc([C@@H]3OC(=C4CCOC4=O)[C@@H](O)[C@H](O)[C@H]3O)ccc2Cl)cc1. The van der Waals surface area contributed by atoms with Crippen LogP contribution in [-0.4, -0.2) is 53.3 Å². The Morgan fingerprint density at radius 2 is 1.84 bits per heavy atom. The second-order valence-corrected chi connectivity index (χ2v) is 7.98. The fourth-order valence-electron chi connectivity index (χ4n) is 3.84. The van der Waals surface area contributed by atoms with Gasteiger partial charge in [-0.25, -0.2) is 4.79 Å². The number of hydrogen-bond acceptors (Lipinski definition) is 7. The predicted octanol–water partition coefficient (Wildman–Crippen LogP) is 2.29. The maximum absolute atomic E-state index is 12.0. The Balaban J connectivity index is 1.64. The Hall–Kier alpha value is -2.58. The average Bonchev–Trinajstić information content (AvgIpc) is 3.20. The number of benzene rings is 2. The van der Waals surface area contributed by atoms with E-state index in [0.29, 0.717) is 17.0 Å². The van der Waals surface area contributed by atoms with Crippen molar-refractivity contribution < 1.29 is 34.3 Å². The van der Waals surface area contributed by atoms with E-state index in [1.54, 1.807) is 25.3 Å². The zero-order valence-electron chi connectivity index (χ0n) is 16.8. The molecule has 2 aromatic carbocycles. The number of carbonyl (C=O) groups excluding carboxylic acids is 1. The van der Waals surface area contributed by atoms with E-state index in [1.807, 2.05) is 24.3 Å². The summed E-state index contributed by atoms with van der Waals surface area (Å²) in [7, 11) is 1.60. The molecular weight excluding hydrogens is 424 g/mol. The molecule has 7 nitrogen and oxygen atoms in total. The van der Waals surface area contributed by atoms with Gasteiger partial charge in [0.2, 0.25) is 0 Å². The van der Waals surface area contributed by atoms with Gasteiger partial charge in [-0.15, -0.1) is 0 Å². The second-order valence-electron chi connectivity index (χ2n) is 7.57. The molecule has 0 saturated carbocycles. The minimum atomic E-state index is -1.52. The van der Waals surface area contributed by atoms with Crippen molar-refractivity contribution in [1.82, 2.24) is 0 Å². The number of halogens is 1. The van der Waals surface area contributed by atoms with Crippen LogP contribution in [0.2, 0.25) is 5.02 Å². The molecule has 4 atom stereocenters. The molecule has 0 bridgehead atoms. The van der Waals surface area contributed by atoms with Gasteiger partial charge in [-0.05, 0) is 41.3 Å². The Bertz CT molecular complexity index is 1000. The van der Waals surface area contributed by atoms with E-state index >= 15 is 0 Å². The van der Waals surface area contributed by atoms with Crippen LogP contribution in [-0.2, 0) is 20.7 Å². The molecule has 2 fully saturated rings. The fourth-order valence-corrected chi connectivity index (χ4v) is 4.03. The average molecular weight is 447 g/mol. The van der Waals surface area contributed by atoms with Crippen molar-refractivity contribution in [2.24, 2.45) is 0 Å². The Labute approximate surface area is 184 Å². The van der Waals surface area contributed by atoms with Crippen LogP contribution < -0.4 is 4.74 Å². The van der Waals surface area contributed by atoms with Gasteiger partial charge < -0.3 is 29.5 Å². The zero-order chi connectivity index (χ0) is 22.1. The molecule has 31 heavy (non-hydrogen) atoms. The molecule has 0 unspecified atom stereocenters. The number of ether oxygens (including phenoxy) is 3. The predicted molar refractivity (Wildman–Crippen MR) is 112 cm³/mol. The van der Waals surface area contributed by atoms with Crippen molar-refractivity contribution in [2.75, 3.05) is 13.7 Å². The third-order valence-corrected chi connectivity index (χ3v) is 5.96. The Kier molecular flexibility index (Phi) is 6.20. The summed E-state index contributed by atoms with van der Waals surface area (Å²) in [6, 6.07) is 12.8. The van der Waals surface area contributed by atoms with Gasteiger partial charge in [0, 0.05) is 11.4 Å². The first-order chi connectivity index (χ1) is 14.9. The highest BCUT2D eigenvalue weighted by molar-refractivity contribution is 6.31. The van der Waals surface area contributed by atoms with E-state index in [1.165, 1.54) is 0 Å². The van der Waals surface area contributed by atoms with Crippen molar-refractivity contribution in [1.29, 1.82) is 0 Å². The molecule has 2 aliphatic heterocycles. The monoisotopic (exact) mass is 446 g/mol. The van der Waals surface area contributed by atoms with E-state index in [0.717, 1.165) is 16.9 Å². The van der Waals surface area contributed by atoms with Gasteiger partial charge in [0.05, 0.1) is 19.3 Å². The molecule has 4 rings (SSSR count). The van der Waals surface area contributed by atoms with Crippen molar-refractivity contribution in [3.05, 3.63) is 75.5 Å². The van der Waals surface area contributed by atoms with Crippen LogP contribution in [0.4, 0.5) is 0 Å². The lowest BCUT2D eigenvalue weighted by Crippen LogP contribution is -2.48. The van der Waals surface area contributed by atoms with E-state index in [9.17, 15) is 20.1 Å². The molecule has 0 radical (unpaired) electrons. The topological polar surface area (TPSA) is 105 Å². The fraction of sp³-hybridized carbons (Fsp3) is 0.348. The zero-order valence-corrected chi connectivity index (χ0v) is 17.6. The number of esters is 1. The first-order valence-corrected chi connectivity index (χ1v) is 10.3. The molecule has 2 aromatic rings. The number of hydrogen-bond donors (Lipinski definition) is 3. The maximum Gasteiger partial charge on any atom is 0.337 e. The minimum Gasteiger partial charge on any atom is -0.497 e. The molecule has 0 spiro atoms. The molecule has 2 saturated heterocycles. The summed E-state index contributed by atoms with van der Waals surface area (Å²) in [4.78, 5) is 12.0. The molecule has 2 heterocycles. The molecular formula is C23H23ClO7. The van der Waals surface area contributed by atoms with Crippen LogP contribution in [0, 0.1) is 0 Å². The number of cyclic esters (lactones) is 1. The van der Waals surface area contributed by atoms with Gasteiger partial charge in [0.25, 0.3) is 0 Å². The van der Waals surface area contributed by atoms with Gasteiger partial charge in [0.1, 0.15) is 29.8 Å². The molecule has 164 valence electrons. The third-order valence-electron chi connectivity index (χ3n) is 5.59. The number of aliphatic hydroxyl groups is 3. The number of methoxy groups -OCH3 is 1. The van der Waals surface area contributed by atoms with Crippen LogP contribution in [0.3, 0.4) is 0 Å². The van der Waals surface area contributed by atoms with Crippen LogP contribution in [0.1, 0.15) is 29.2 Å². The van der Waals surface area contributed by atoms with E-state index in [4.69, 9.17) is 25.8 Å². The van der Waals surface area contributed by atoms with Crippen molar-refractivity contribution in [3.63, 3.8) is 0 Å². The maximum atomic E-state index is 12.0. The van der Waals surface area contributed by atoms with Crippen LogP contribution >= 0.6 is 11.6 Å². The van der Waals surface area contributed by atoms with Gasteiger partial charge in [0.15, 0.2) is 6.10 Å². The molecule has 3 N–H and O–H groups in total. The van der Waals surface area contributed by atoms with E-state index in [2.05, 4.69) is 0 Å². The Morgan fingerprint density at radius 3 is 2.48 bits per heavy atom. The lowest BCUT2D eigenvalue weighted by Gasteiger charge is -2.38. The quantitative estimate of drug-likeness (QED) is 0.488. The normalized spacial score (nSPS) is 28.2. The highest BCUT2D eigenvalue weighted by atomic mass is 35.5. The lowest BCUT2D eigenvalue weighted by molar-refractivity contribution is -0.159. The van der Waals surface area contributed by atoms with Gasteiger partial charge >= 0.3 is 5.97 Å². The largest absolute Gasteiger partial charge is 0.497 e. The first-order valence-electron chi connectivity index (χ1n) is 9.91. The van der Waals surface area contributed by atoms with Gasteiger partial charge in [-0.3, -0.25) is 0 Å². The molecule has 8 heteroatoms. The Morgan fingerprint density at radius 1 is 1.10 bits per heavy atom. The first kappa shape index (κ1) is 21.6. The number of aliphatic hydroxyl groups excluding tert-OH is 3. The van der Waals surface area contributed by atoms with Crippen molar-refractivity contribution in [3.8, 4) is 5.75 Å². The summed E-state index contributed by atoms with van der Waals surface area (Å²) in [6.45, 7) is 0.185. The van der Waals surface area contributed by atoms with Crippen molar-refractivity contribution in [2.45, 2.75) is 37.3 Å². The van der Waals surface area contributed by atoms with Crippen LogP contribution in [0.15, 0.2) is 53.8 Å². The standard InChI is InChI=1S/C23H23ClO7/c1-29-15-5-2-12(3-6-15)10-14-11-13(4-7-17(14)24)21-19(26)18(25)20(27)22(31-21)16-8-9-30-23(16)28/h2-7,11,18-21,25-27H,8-10H2,1H3/t18-,19-,20+,21+/m1/s1. The lowest BCUT2D eigenvalue weighted by atomic mass is 9.90. The molecule has 0 aromatic heterocycles. The summed E-state index contributed by atoms with van der Waals surface area (Å²) in [5.41, 5.74) is 2.55. The molecule has 0 amide bonds. The number of rotatable bonds is 4. The minimum absolute atomic E-state index is 0.0584. The van der Waals surface area contributed by atoms with Gasteiger partial charge in [-0.2, -0.15) is 0 Å². The summed E-state index contributed by atoms with van der Waals surface area (Å²) < 4.78 is 16.0.